The summed E-state index contributed by atoms with van der Waals surface area (Å²) < 4.78 is 5.17. The molecule has 0 spiro atoms. The summed E-state index contributed by atoms with van der Waals surface area (Å²) in [6, 6.07) is 1.98. The third-order valence-electron chi connectivity index (χ3n) is 2.41. The number of hydrogen-bond donors (Lipinski definition) is 2. The van der Waals surface area contributed by atoms with E-state index in [-0.39, 0.29) is 5.75 Å². The largest absolute Gasteiger partial charge is 0.504 e. The highest BCUT2D eigenvalue weighted by molar-refractivity contribution is 5.53. The number of nitrogens with one attached hydrogen (secondary N) is 1. The molecule has 0 fully saturated rings. The number of ether oxygens (including phenoxy) is 1. The van der Waals surface area contributed by atoms with Crippen LogP contribution in [0, 0.1) is 13.8 Å². The van der Waals surface area contributed by atoms with Gasteiger partial charge in [-0.1, -0.05) is 6.07 Å². The van der Waals surface area contributed by atoms with Crippen LogP contribution in [0.1, 0.15) is 16.7 Å². The lowest BCUT2D eigenvalue weighted by atomic mass is 10.0. The summed E-state index contributed by atoms with van der Waals surface area (Å²) >= 11 is 0. The summed E-state index contributed by atoms with van der Waals surface area (Å²) in [5.74, 6) is 0.820. The number of methoxy groups -OCH3 is 1. The minimum atomic E-state index is 0.241. The first-order valence-corrected chi connectivity index (χ1v) is 4.62. The van der Waals surface area contributed by atoms with E-state index in [1.165, 1.54) is 0 Å². The fourth-order valence-electron chi connectivity index (χ4n) is 1.52. The smallest absolute Gasteiger partial charge is 0.163 e. The number of aromatic hydroxyl groups is 1. The maximum absolute atomic E-state index is 9.86. The highest BCUT2D eigenvalue weighted by atomic mass is 16.5. The standard InChI is InChI=1S/C11H17NO2/c1-7-5-9(6-12-3)10(13)11(14-4)8(7)2/h5,12-13H,6H2,1-4H3. The summed E-state index contributed by atoms with van der Waals surface area (Å²) in [6.07, 6.45) is 0. The van der Waals surface area contributed by atoms with Crippen LogP contribution in [-0.4, -0.2) is 19.3 Å². The quantitative estimate of drug-likeness (QED) is 0.772. The van der Waals surface area contributed by atoms with Crippen LogP contribution < -0.4 is 10.1 Å². The number of benzene rings is 1. The van der Waals surface area contributed by atoms with Crippen molar-refractivity contribution in [3.05, 3.63) is 22.8 Å². The van der Waals surface area contributed by atoms with Crippen molar-refractivity contribution in [1.82, 2.24) is 5.32 Å². The van der Waals surface area contributed by atoms with E-state index in [9.17, 15) is 5.11 Å². The zero-order valence-electron chi connectivity index (χ0n) is 9.14. The van der Waals surface area contributed by atoms with Crippen molar-refractivity contribution >= 4 is 0 Å². The van der Waals surface area contributed by atoms with E-state index in [0.717, 1.165) is 16.7 Å². The SMILES string of the molecule is CNCc1cc(C)c(C)c(OC)c1O. The molecule has 14 heavy (non-hydrogen) atoms. The number of aryl methyl sites for hydroxylation is 1. The van der Waals surface area contributed by atoms with Crippen LogP contribution in [0.4, 0.5) is 0 Å². The summed E-state index contributed by atoms with van der Waals surface area (Å²) in [6.45, 7) is 4.59. The van der Waals surface area contributed by atoms with Gasteiger partial charge in [0.15, 0.2) is 11.5 Å². The molecule has 1 aromatic rings. The van der Waals surface area contributed by atoms with Crippen molar-refractivity contribution in [2.75, 3.05) is 14.2 Å². The van der Waals surface area contributed by atoms with Gasteiger partial charge in [0.1, 0.15) is 0 Å². The van der Waals surface area contributed by atoms with Gasteiger partial charge in [0.2, 0.25) is 0 Å². The molecule has 0 amide bonds. The molecule has 3 nitrogen and oxygen atoms in total. The molecule has 0 aromatic heterocycles. The van der Waals surface area contributed by atoms with Crippen molar-refractivity contribution in [1.29, 1.82) is 0 Å². The van der Waals surface area contributed by atoms with E-state index in [0.29, 0.717) is 12.3 Å². The van der Waals surface area contributed by atoms with Crippen LogP contribution in [-0.2, 0) is 6.54 Å². The Hall–Kier alpha value is -1.22. The van der Waals surface area contributed by atoms with Crippen LogP contribution >= 0.6 is 0 Å². The highest BCUT2D eigenvalue weighted by Crippen LogP contribution is 2.35. The van der Waals surface area contributed by atoms with Gasteiger partial charge >= 0.3 is 0 Å². The Morgan fingerprint density at radius 2 is 2.07 bits per heavy atom. The molecular weight excluding hydrogens is 178 g/mol. The molecule has 0 radical (unpaired) electrons. The van der Waals surface area contributed by atoms with Gasteiger partial charge in [-0.3, -0.25) is 0 Å². The predicted octanol–water partition coefficient (Wildman–Crippen LogP) is 1.74. The molecule has 0 atom stereocenters. The predicted molar refractivity (Wildman–Crippen MR) is 56.9 cm³/mol. The van der Waals surface area contributed by atoms with Gasteiger partial charge in [0.25, 0.3) is 0 Å². The Labute approximate surface area is 84.7 Å². The van der Waals surface area contributed by atoms with Crippen LogP contribution in [0.2, 0.25) is 0 Å². The minimum Gasteiger partial charge on any atom is -0.504 e. The lowest BCUT2D eigenvalue weighted by molar-refractivity contribution is 0.367. The van der Waals surface area contributed by atoms with Gasteiger partial charge < -0.3 is 15.2 Å². The summed E-state index contributed by atoms with van der Waals surface area (Å²) in [7, 11) is 3.42. The Kier molecular flexibility index (Phi) is 3.36. The van der Waals surface area contributed by atoms with E-state index < -0.39 is 0 Å². The van der Waals surface area contributed by atoms with Gasteiger partial charge in [0, 0.05) is 12.1 Å². The average Bonchev–Trinajstić information content (AvgIpc) is 2.16. The first-order valence-electron chi connectivity index (χ1n) is 4.62. The zero-order chi connectivity index (χ0) is 10.7. The number of hydrogen-bond acceptors (Lipinski definition) is 3. The van der Waals surface area contributed by atoms with E-state index in [4.69, 9.17) is 4.74 Å². The Morgan fingerprint density at radius 3 is 2.57 bits per heavy atom. The number of rotatable bonds is 3. The van der Waals surface area contributed by atoms with Gasteiger partial charge in [-0.25, -0.2) is 0 Å². The first kappa shape index (κ1) is 10.9. The first-order chi connectivity index (χ1) is 6.61. The Morgan fingerprint density at radius 1 is 1.43 bits per heavy atom. The molecule has 0 saturated heterocycles. The summed E-state index contributed by atoms with van der Waals surface area (Å²) in [5, 5.41) is 12.9. The van der Waals surface area contributed by atoms with Gasteiger partial charge in [0.05, 0.1) is 7.11 Å². The van der Waals surface area contributed by atoms with E-state index in [2.05, 4.69) is 5.32 Å². The Bertz CT molecular complexity index is 335. The lowest BCUT2D eigenvalue weighted by Gasteiger charge is -2.13. The second-order valence-corrected chi connectivity index (χ2v) is 3.39. The average molecular weight is 195 g/mol. The maximum Gasteiger partial charge on any atom is 0.163 e. The van der Waals surface area contributed by atoms with Gasteiger partial charge in [-0.2, -0.15) is 0 Å². The molecule has 0 aliphatic carbocycles. The highest BCUT2D eigenvalue weighted by Gasteiger charge is 2.12. The molecule has 0 bridgehead atoms. The molecule has 0 aliphatic rings. The van der Waals surface area contributed by atoms with E-state index in [1.54, 1.807) is 7.11 Å². The molecule has 2 N–H and O–H groups in total. The number of phenolic OH excluding ortho intramolecular Hbond substituents is 1. The molecule has 78 valence electrons. The zero-order valence-corrected chi connectivity index (χ0v) is 9.14. The van der Waals surface area contributed by atoms with Crippen LogP contribution in [0.3, 0.4) is 0 Å². The molecule has 0 aliphatic heterocycles. The van der Waals surface area contributed by atoms with Crippen molar-refractivity contribution in [3.8, 4) is 11.5 Å². The van der Waals surface area contributed by atoms with Crippen molar-refractivity contribution in [3.63, 3.8) is 0 Å². The van der Waals surface area contributed by atoms with Crippen LogP contribution in [0.5, 0.6) is 11.5 Å². The number of phenols is 1. The van der Waals surface area contributed by atoms with Gasteiger partial charge in [-0.15, -0.1) is 0 Å². The monoisotopic (exact) mass is 195 g/mol. The molecular formula is C11H17NO2. The third-order valence-corrected chi connectivity index (χ3v) is 2.41. The normalized spacial score (nSPS) is 10.3. The maximum atomic E-state index is 9.86. The minimum absolute atomic E-state index is 0.241. The van der Waals surface area contributed by atoms with Crippen LogP contribution in [0.15, 0.2) is 6.07 Å². The van der Waals surface area contributed by atoms with E-state index >= 15 is 0 Å². The van der Waals surface area contributed by atoms with Crippen molar-refractivity contribution < 1.29 is 9.84 Å². The molecule has 1 rings (SSSR count). The lowest BCUT2D eigenvalue weighted by Crippen LogP contribution is -2.06. The molecule has 3 heteroatoms. The van der Waals surface area contributed by atoms with E-state index in [1.807, 2.05) is 27.0 Å². The van der Waals surface area contributed by atoms with Crippen molar-refractivity contribution in [2.24, 2.45) is 0 Å². The summed E-state index contributed by atoms with van der Waals surface area (Å²) in [5.41, 5.74) is 2.99. The molecule has 0 heterocycles. The Balaban J connectivity index is 3.27. The molecule has 0 saturated carbocycles. The second-order valence-electron chi connectivity index (χ2n) is 3.39. The van der Waals surface area contributed by atoms with Crippen LogP contribution in [0.25, 0.3) is 0 Å². The third kappa shape index (κ3) is 1.82. The second kappa shape index (κ2) is 4.33. The molecule has 1 aromatic carbocycles. The fraction of sp³-hybridized carbons (Fsp3) is 0.455. The summed E-state index contributed by atoms with van der Waals surface area (Å²) in [4.78, 5) is 0. The van der Waals surface area contributed by atoms with Crippen molar-refractivity contribution in [2.45, 2.75) is 20.4 Å². The topological polar surface area (TPSA) is 41.5 Å². The molecule has 0 unspecified atom stereocenters. The fourth-order valence-corrected chi connectivity index (χ4v) is 1.52. The van der Waals surface area contributed by atoms with Gasteiger partial charge in [-0.05, 0) is 32.0 Å².